The van der Waals surface area contributed by atoms with Crippen LogP contribution in [-0.4, -0.2) is 30.3 Å². The lowest BCUT2D eigenvalue weighted by atomic mass is 9.96. The van der Waals surface area contributed by atoms with Gasteiger partial charge >= 0.3 is 5.97 Å². The highest BCUT2D eigenvalue weighted by molar-refractivity contribution is 6.30. The maximum atomic E-state index is 12.1. The van der Waals surface area contributed by atoms with Gasteiger partial charge in [-0.15, -0.1) is 0 Å². The zero-order chi connectivity index (χ0) is 22.4. The van der Waals surface area contributed by atoms with E-state index in [2.05, 4.69) is 6.92 Å². The number of aromatic nitrogens is 1. The maximum Gasteiger partial charge on any atom is 0.337 e. The van der Waals surface area contributed by atoms with Crippen LogP contribution in [0.15, 0.2) is 48.5 Å². The van der Waals surface area contributed by atoms with Gasteiger partial charge in [0.1, 0.15) is 11.5 Å². The standard InChI is InChI=1S/C25H26ClNO4/c1-4-6-22-20(16-7-5-8-18(26)13-16)15-21(25(28)29)23(27-22)11-9-17-14-19(30-2)10-12-24(17)31-3/h5,7-8,10,12-15H,4,6,9,11H2,1-3H3,(H,28,29). The lowest BCUT2D eigenvalue weighted by Gasteiger charge is -2.15. The molecule has 2 aromatic carbocycles. The van der Waals surface area contributed by atoms with Crippen molar-refractivity contribution in [3.63, 3.8) is 0 Å². The summed E-state index contributed by atoms with van der Waals surface area (Å²) in [5.74, 6) is 0.471. The Hall–Kier alpha value is -3.05. The van der Waals surface area contributed by atoms with Gasteiger partial charge < -0.3 is 14.6 Å². The summed E-state index contributed by atoms with van der Waals surface area (Å²) in [5.41, 5.74) is 4.26. The number of ether oxygens (including phenoxy) is 2. The van der Waals surface area contributed by atoms with Gasteiger partial charge in [-0.1, -0.05) is 37.1 Å². The van der Waals surface area contributed by atoms with Crippen LogP contribution in [0.1, 0.15) is 40.7 Å². The lowest BCUT2D eigenvalue weighted by Crippen LogP contribution is -2.10. The average molecular weight is 440 g/mol. The van der Waals surface area contributed by atoms with Crippen molar-refractivity contribution >= 4 is 17.6 Å². The Labute approximate surface area is 187 Å². The Bertz CT molecular complexity index is 1080. The largest absolute Gasteiger partial charge is 0.497 e. The molecule has 0 spiro atoms. The summed E-state index contributed by atoms with van der Waals surface area (Å²) >= 11 is 6.17. The van der Waals surface area contributed by atoms with Crippen molar-refractivity contribution in [2.45, 2.75) is 32.6 Å². The van der Waals surface area contributed by atoms with E-state index < -0.39 is 5.97 Å². The molecule has 0 fully saturated rings. The van der Waals surface area contributed by atoms with Gasteiger partial charge in [-0.3, -0.25) is 4.98 Å². The molecule has 1 N–H and O–H groups in total. The van der Waals surface area contributed by atoms with Crippen LogP contribution in [0.3, 0.4) is 0 Å². The molecular formula is C25H26ClNO4. The molecule has 1 aromatic heterocycles. The van der Waals surface area contributed by atoms with Crippen molar-refractivity contribution < 1.29 is 19.4 Å². The summed E-state index contributed by atoms with van der Waals surface area (Å²) in [6.07, 6.45) is 2.70. The minimum absolute atomic E-state index is 0.205. The monoisotopic (exact) mass is 439 g/mol. The molecule has 3 rings (SSSR count). The number of carbonyl (C=O) groups is 1. The Kier molecular flexibility index (Phi) is 7.53. The molecule has 0 saturated heterocycles. The van der Waals surface area contributed by atoms with Gasteiger partial charge in [0.05, 0.1) is 25.5 Å². The normalized spacial score (nSPS) is 10.7. The van der Waals surface area contributed by atoms with Crippen LogP contribution in [0.25, 0.3) is 11.1 Å². The van der Waals surface area contributed by atoms with Gasteiger partial charge in [0.2, 0.25) is 0 Å². The average Bonchev–Trinajstić information content (AvgIpc) is 2.77. The first kappa shape index (κ1) is 22.6. The van der Waals surface area contributed by atoms with Crippen LogP contribution >= 0.6 is 11.6 Å². The second kappa shape index (κ2) is 10.3. The number of hydrogen-bond donors (Lipinski definition) is 1. The number of pyridine rings is 1. The van der Waals surface area contributed by atoms with Gasteiger partial charge in [0, 0.05) is 16.3 Å². The van der Waals surface area contributed by atoms with E-state index in [1.807, 2.05) is 36.4 Å². The summed E-state index contributed by atoms with van der Waals surface area (Å²) in [4.78, 5) is 16.9. The van der Waals surface area contributed by atoms with E-state index in [1.54, 1.807) is 26.4 Å². The summed E-state index contributed by atoms with van der Waals surface area (Å²) in [6.45, 7) is 2.08. The van der Waals surface area contributed by atoms with E-state index in [0.29, 0.717) is 23.6 Å². The molecule has 0 aliphatic carbocycles. The molecule has 0 amide bonds. The van der Waals surface area contributed by atoms with E-state index in [0.717, 1.165) is 46.7 Å². The van der Waals surface area contributed by atoms with Crippen molar-refractivity contribution in [3.8, 4) is 22.6 Å². The van der Waals surface area contributed by atoms with E-state index in [9.17, 15) is 9.90 Å². The number of rotatable bonds is 9. The summed E-state index contributed by atoms with van der Waals surface area (Å²) < 4.78 is 10.8. The Morgan fingerprint density at radius 3 is 2.45 bits per heavy atom. The fourth-order valence-electron chi connectivity index (χ4n) is 3.63. The van der Waals surface area contributed by atoms with Gasteiger partial charge in [-0.25, -0.2) is 4.79 Å². The van der Waals surface area contributed by atoms with Crippen LogP contribution in [0, 0.1) is 0 Å². The lowest BCUT2D eigenvalue weighted by molar-refractivity contribution is 0.0695. The number of nitrogens with zero attached hydrogens (tertiary/aromatic N) is 1. The fraction of sp³-hybridized carbons (Fsp3) is 0.280. The second-order valence-corrected chi connectivity index (χ2v) is 7.66. The number of hydrogen-bond acceptors (Lipinski definition) is 4. The van der Waals surface area contributed by atoms with Crippen molar-refractivity contribution in [1.29, 1.82) is 0 Å². The quantitative estimate of drug-likeness (QED) is 0.452. The van der Waals surface area contributed by atoms with Crippen molar-refractivity contribution in [3.05, 3.63) is 76.1 Å². The maximum absolute atomic E-state index is 12.1. The van der Waals surface area contributed by atoms with E-state index >= 15 is 0 Å². The molecule has 0 aliphatic heterocycles. The number of aryl methyl sites for hydroxylation is 3. The number of halogens is 1. The molecule has 6 heteroatoms. The number of carboxylic acid groups (broad SMARTS) is 1. The highest BCUT2D eigenvalue weighted by atomic mass is 35.5. The summed E-state index contributed by atoms with van der Waals surface area (Å²) in [5, 5.41) is 10.5. The third kappa shape index (κ3) is 5.36. The van der Waals surface area contributed by atoms with Crippen LogP contribution in [0.2, 0.25) is 5.02 Å². The molecule has 5 nitrogen and oxygen atoms in total. The van der Waals surface area contributed by atoms with Crippen LogP contribution in [0.5, 0.6) is 11.5 Å². The third-order valence-electron chi connectivity index (χ3n) is 5.15. The van der Waals surface area contributed by atoms with Gasteiger partial charge in [-0.2, -0.15) is 0 Å². The Morgan fingerprint density at radius 1 is 1.00 bits per heavy atom. The molecule has 0 atom stereocenters. The molecule has 31 heavy (non-hydrogen) atoms. The van der Waals surface area contributed by atoms with Crippen molar-refractivity contribution in [1.82, 2.24) is 4.98 Å². The number of benzene rings is 2. The third-order valence-corrected chi connectivity index (χ3v) is 5.39. The van der Waals surface area contributed by atoms with E-state index in [-0.39, 0.29) is 5.56 Å². The molecular weight excluding hydrogens is 414 g/mol. The minimum atomic E-state index is -0.994. The Balaban J connectivity index is 2.02. The predicted octanol–water partition coefficient (Wildman–Crippen LogP) is 5.86. The topological polar surface area (TPSA) is 68.7 Å². The highest BCUT2D eigenvalue weighted by Gasteiger charge is 2.18. The van der Waals surface area contributed by atoms with E-state index in [1.165, 1.54) is 0 Å². The molecule has 0 bridgehead atoms. The number of methoxy groups -OCH3 is 2. The van der Waals surface area contributed by atoms with E-state index in [4.69, 9.17) is 26.1 Å². The smallest absolute Gasteiger partial charge is 0.337 e. The zero-order valence-electron chi connectivity index (χ0n) is 17.9. The number of aromatic carboxylic acids is 1. The SMILES string of the molecule is CCCc1nc(CCc2cc(OC)ccc2OC)c(C(=O)O)cc1-c1cccc(Cl)c1. The first-order valence-electron chi connectivity index (χ1n) is 10.2. The highest BCUT2D eigenvalue weighted by Crippen LogP contribution is 2.30. The fourth-order valence-corrected chi connectivity index (χ4v) is 3.82. The summed E-state index contributed by atoms with van der Waals surface area (Å²) in [6, 6.07) is 14.7. The molecule has 3 aromatic rings. The number of carboxylic acids is 1. The van der Waals surface area contributed by atoms with Crippen LogP contribution in [0.4, 0.5) is 0 Å². The van der Waals surface area contributed by atoms with Crippen LogP contribution < -0.4 is 9.47 Å². The van der Waals surface area contributed by atoms with Crippen molar-refractivity contribution in [2.24, 2.45) is 0 Å². The molecule has 162 valence electrons. The Morgan fingerprint density at radius 2 is 1.81 bits per heavy atom. The first-order chi connectivity index (χ1) is 15.0. The molecule has 0 radical (unpaired) electrons. The van der Waals surface area contributed by atoms with Gasteiger partial charge in [0.25, 0.3) is 0 Å². The first-order valence-corrected chi connectivity index (χ1v) is 10.6. The molecule has 0 unspecified atom stereocenters. The molecule has 0 aliphatic rings. The predicted molar refractivity (Wildman–Crippen MR) is 123 cm³/mol. The minimum Gasteiger partial charge on any atom is -0.497 e. The molecule has 0 saturated carbocycles. The van der Waals surface area contributed by atoms with Crippen molar-refractivity contribution in [2.75, 3.05) is 14.2 Å². The summed E-state index contributed by atoms with van der Waals surface area (Å²) in [7, 11) is 3.23. The van der Waals surface area contributed by atoms with Gasteiger partial charge in [0.15, 0.2) is 0 Å². The second-order valence-electron chi connectivity index (χ2n) is 7.22. The molecule has 1 heterocycles. The van der Waals surface area contributed by atoms with Gasteiger partial charge in [-0.05, 0) is 66.8 Å². The van der Waals surface area contributed by atoms with Crippen LogP contribution in [-0.2, 0) is 19.3 Å². The zero-order valence-corrected chi connectivity index (χ0v) is 18.7.